The zero-order valence-corrected chi connectivity index (χ0v) is 14.2. The first kappa shape index (κ1) is 16.7. The van der Waals surface area contributed by atoms with Gasteiger partial charge in [0.2, 0.25) is 10.5 Å². The van der Waals surface area contributed by atoms with Crippen molar-refractivity contribution in [1.82, 2.24) is 0 Å². The van der Waals surface area contributed by atoms with E-state index in [-0.39, 0.29) is 0 Å². The maximum absolute atomic E-state index is 4.35. The van der Waals surface area contributed by atoms with Crippen LogP contribution in [0.3, 0.4) is 0 Å². The summed E-state index contributed by atoms with van der Waals surface area (Å²) in [6.45, 7) is 2.64. The predicted molar refractivity (Wildman–Crippen MR) is 95.7 cm³/mol. The van der Waals surface area contributed by atoms with Gasteiger partial charge in [0.15, 0.2) is 0 Å². The Morgan fingerprint density at radius 2 is 1.55 bits per heavy atom. The Hall–Kier alpha value is -1.64. The molecular formula is C20H23OSi. The van der Waals surface area contributed by atoms with Gasteiger partial charge in [0.05, 0.1) is 0 Å². The molecule has 0 amide bonds. The van der Waals surface area contributed by atoms with Gasteiger partial charge in [-0.25, -0.2) is 0 Å². The molecular weight excluding hydrogens is 284 g/mol. The number of hydrogen-bond acceptors (Lipinski definition) is 1. The second-order valence-electron chi connectivity index (χ2n) is 5.32. The van der Waals surface area contributed by atoms with Gasteiger partial charge in [0.1, 0.15) is 0 Å². The Kier molecular flexibility index (Phi) is 7.14. The predicted octanol–water partition coefficient (Wildman–Crippen LogP) is 5.42. The average Bonchev–Trinajstić information content (AvgIpc) is 2.63. The van der Waals surface area contributed by atoms with Gasteiger partial charge < -0.3 is 4.43 Å². The van der Waals surface area contributed by atoms with Crippen LogP contribution < -0.4 is 0 Å². The van der Waals surface area contributed by atoms with Crippen LogP contribution in [0, 0.1) is 0 Å². The molecule has 0 aliphatic heterocycles. The number of benzene rings is 2. The van der Waals surface area contributed by atoms with E-state index in [9.17, 15) is 0 Å². The van der Waals surface area contributed by atoms with Crippen LogP contribution in [-0.4, -0.2) is 17.1 Å². The lowest BCUT2D eigenvalue weighted by molar-refractivity contribution is 0.375. The van der Waals surface area contributed by atoms with Crippen LogP contribution in [-0.2, 0) is 4.43 Å². The van der Waals surface area contributed by atoms with Gasteiger partial charge >= 0.3 is 0 Å². The fourth-order valence-corrected chi connectivity index (χ4v) is 2.72. The van der Waals surface area contributed by atoms with Crippen molar-refractivity contribution >= 4 is 16.1 Å². The van der Waals surface area contributed by atoms with Gasteiger partial charge in [-0.1, -0.05) is 60.7 Å². The van der Waals surface area contributed by atoms with Gasteiger partial charge in [-0.2, -0.15) is 0 Å². The van der Waals surface area contributed by atoms with E-state index in [2.05, 4.69) is 75.6 Å². The molecule has 1 aliphatic rings. The standard InChI is InChI=1S/C18H18.C2H5OSi/c1-3-9-15(10-4-1)17-13-7-8-14-18(17)16-11-5-2-6-12-16;1-2-3-4/h1,3-4,7-11,13-14H,2,5-6,12H2;2H2,1H3. The Labute approximate surface area is 137 Å². The van der Waals surface area contributed by atoms with Crippen molar-refractivity contribution < 1.29 is 4.43 Å². The normalized spacial score (nSPS) is 13.8. The number of allylic oxidation sites excluding steroid dienone is 2. The third-order valence-electron chi connectivity index (χ3n) is 3.79. The second kappa shape index (κ2) is 9.39. The molecule has 0 spiro atoms. The maximum Gasteiger partial charge on any atom is 0.246 e. The van der Waals surface area contributed by atoms with Crippen molar-refractivity contribution in [3.05, 3.63) is 66.2 Å². The van der Waals surface area contributed by atoms with Crippen molar-refractivity contribution in [2.24, 2.45) is 0 Å². The van der Waals surface area contributed by atoms with Crippen molar-refractivity contribution in [3.63, 3.8) is 0 Å². The molecule has 2 heteroatoms. The highest BCUT2D eigenvalue weighted by molar-refractivity contribution is 5.97. The topological polar surface area (TPSA) is 9.23 Å². The summed E-state index contributed by atoms with van der Waals surface area (Å²) in [5.74, 6) is 0. The molecule has 2 aromatic rings. The Balaban J connectivity index is 0.000000396. The highest BCUT2D eigenvalue weighted by Gasteiger charge is 2.10. The largest absolute Gasteiger partial charge is 0.419 e. The minimum Gasteiger partial charge on any atom is -0.419 e. The molecule has 3 radical (unpaired) electrons. The summed E-state index contributed by atoms with van der Waals surface area (Å²) >= 11 is 0. The van der Waals surface area contributed by atoms with Crippen molar-refractivity contribution in [2.45, 2.75) is 32.6 Å². The van der Waals surface area contributed by atoms with Crippen LogP contribution in [0.5, 0.6) is 0 Å². The van der Waals surface area contributed by atoms with E-state index in [0.717, 1.165) is 6.61 Å². The van der Waals surface area contributed by atoms with Crippen LogP contribution in [0.25, 0.3) is 16.7 Å². The van der Waals surface area contributed by atoms with E-state index < -0.39 is 0 Å². The molecule has 0 N–H and O–H groups in total. The van der Waals surface area contributed by atoms with Crippen molar-refractivity contribution in [3.8, 4) is 11.1 Å². The highest BCUT2D eigenvalue weighted by atomic mass is 28.2. The summed E-state index contributed by atoms with van der Waals surface area (Å²) in [5, 5.41) is 0. The molecule has 1 nitrogen and oxygen atoms in total. The molecule has 3 rings (SSSR count). The van der Waals surface area contributed by atoms with Crippen LogP contribution in [0.2, 0.25) is 0 Å². The molecule has 0 aromatic heterocycles. The third kappa shape index (κ3) is 4.69. The van der Waals surface area contributed by atoms with Crippen LogP contribution in [0.4, 0.5) is 0 Å². The smallest absolute Gasteiger partial charge is 0.246 e. The Bertz CT molecular complexity index is 588. The third-order valence-corrected chi connectivity index (χ3v) is 4.08. The first-order chi connectivity index (χ1) is 10.9. The van der Waals surface area contributed by atoms with Gasteiger partial charge in [0, 0.05) is 6.61 Å². The number of hydrogen-bond donors (Lipinski definition) is 0. The molecule has 0 heterocycles. The van der Waals surface area contributed by atoms with E-state index in [1.54, 1.807) is 0 Å². The summed E-state index contributed by atoms with van der Waals surface area (Å²) in [4.78, 5) is 0. The molecule has 22 heavy (non-hydrogen) atoms. The quantitative estimate of drug-likeness (QED) is 0.688. The van der Waals surface area contributed by atoms with E-state index >= 15 is 0 Å². The fourth-order valence-electron chi connectivity index (χ4n) is 2.72. The minimum absolute atomic E-state index is 0.733. The molecule has 0 unspecified atom stereocenters. The molecule has 0 fully saturated rings. The summed E-state index contributed by atoms with van der Waals surface area (Å²) < 4.78 is 4.35. The summed E-state index contributed by atoms with van der Waals surface area (Å²) in [5.41, 5.74) is 5.63. The molecule has 0 bridgehead atoms. The number of rotatable bonds is 3. The first-order valence-corrected chi connectivity index (χ1v) is 8.40. The lowest BCUT2D eigenvalue weighted by Gasteiger charge is -2.16. The lowest BCUT2D eigenvalue weighted by Crippen LogP contribution is -1.94. The van der Waals surface area contributed by atoms with Crippen molar-refractivity contribution in [2.75, 3.05) is 6.61 Å². The highest BCUT2D eigenvalue weighted by Crippen LogP contribution is 2.33. The molecule has 0 saturated carbocycles. The summed E-state index contributed by atoms with van der Waals surface area (Å²) in [6.07, 6.45) is 7.56. The Morgan fingerprint density at radius 1 is 0.909 bits per heavy atom. The van der Waals surface area contributed by atoms with Crippen LogP contribution >= 0.6 is 0 Å². The van der Waals surface area contributed by atoms with E-state index in [0.29, 0.717) is 0 Å². The summed E-state index contributed by atoms with van der Waals surface area (Å²) in [6, 6.07) is 19.5. The lowest BCUT2D eigenvalue weighted by atomic mass is 9.88. The van der Waals surface area contributed by atoms with Crippen molar-refractivity contribution in [1.29, 1.82) is 0 Å². The fraction of sp³-hybridized carbons (Fsp3) is 0.300. The first-order valence-electron chi connectivity index (χ1n) is 7.99. The average molecular weight is 307 g/mol. The van der Waals surface area contributed by atoms with Gasteiger partial charge in [-0.05, 0) is 54.9 Å². The zero-order valence-electron chi connectivity index (χ0n) is 13.2. The van der Waals surface area contributed by atoms with E-state index in [1.165, 1.54) is 47.9 Å². The zero-order chi connectivity index (χ0) is 15.6. The van der Waals surface area contributed by atoms with Crippen LogP contribution in [0.1, 0.15) is 38.2 Å². The van der Waals surface area contributed by atoms with Gasteiger partial charge in [-0.15, -0.1) is 0 Å². The molecule has 2 aromatic carbocycles. The molecule has 0 atom stereocenters. The molecule has 1 aliphatic carbocycles. The van der Waals surface area contributed by atoms with E-state index in [4.69, 9.17) is 0 Å². The monoisotopic (exact) mass is 307 g/mol. The maximum atomic E-state index is 4.35. The Morgan fingerprint density at radius 3 is 2.14 bits per heavy atom. The van der Waals surface area contributed by atoms with E-state index in [1.807, 2.05) is 6.92 Å². The molecule has 113 valence electrons. The SMILES string of the molecule is C1=C(c2ccccc2-c2ccccc2)CCCC1.CCO[Si]. The second-order valence-corrected chi connectivity index (χ2v) is 5.61. The minimum atomic E-state index is 0.733. The summed E-state index contributed by atoms with van der Waals surface area (Å²) in [7, 11) is 2.79. The van der Waals surface area contributed by atoms with Crippen LogP contribution in [0.15, 0.2) is 60.7 Å². The van der Waals surface area contributed by atoms with Gasteiger partial charge in [0.25, 0.3) is 0 Å². The van der Waals surface area contributed by atoms with Gasteiger partial charge in [-0.3, -0.25) is 0 Å². The molecule has 0 saturated heterocycles.